The average molecular weight is 242 g/mol. The number of rotatable bonds is 4. The van der Waals surface area contributed by atoms with Crippen molar-refractivity contribution in [2.75, 3.05) is 19.6 Å². The van der Waals surface area contributed by atoms with Gasteiger partial charge in [0.2, 0.25) is 0 Å². The van der Waals surface area contributed by atoms with Gasteiger partial charge in [0.1, 0.15) is 0 Å². The van der Waals surface area contributed by atoms with Crippen molar-refractivity contribution in [2.24, 2.45) is 11.7 Å². The number of thioether (sulfide) groups is 1. The molecule has 3 unspecified atom stereocenters. The Morgan fingerprint density at radius 2 is 1.81 bits per heavy atom. The Bertz CT molecular complexity index is 232. The highest BCUT2D eigenvalue weighted by Gasteiger charge is 2.39. The Hall–Kier alpha value is 0.270. The molecule has 0 bridgehead atoms. The van der Waals surface area contributed by atoms with Gasteiger partial charge in [-0.15, -0.1) is 0 Å². The molecule has 2 N–H and O–H groups in total. The normalized spacial score (nSPS) is 36.0. The molecule has 2 nitrogen and oxygen atoms in total. The lowest BCUT2D eigenvalue weighted by molar-refractivity contribution is 0.0939. The minimum atomic E-state index is 0.255. The lowest BCUT2D eigenvalue weighted by Crippen LogP contribution is -2.57. The second-order valence-corrected chi connectivity index (χ2v) is 7.89. The fourth-order valence-electron chi connectivity index (χ4n) is 2.90. The molecule has 0 aromatic heterocycles. The van der Waals surface area contributed by atoms with E-state index in [1.165, 1.54) is 32.4 Å². The third kappa shape index (κ3) is 2.93. The summed E-state index contributed by atoms with van der Waals surface area (Å²) < 4.78 is 0. The zero-order valence-electron chi connectivity index (χ0n) is 10.9. The van der Waals surface area contributed by atoms with Crippen molar-refractivity contribution < 1.29 is 0 Å². The molecule has 2 aliphatic rings. The van der Waals surface area contributed by atoms with Crippen LogP contribution in [-0.2, 0) is 0 Å². The molecule has 1 saturated heterocycles. The van der Waals surface area contributed by atoms with Crippen LogP contribution in [0.3, 0.4) is 0 Å². The minimum Gasteiger partial charge on any atom is -0.329 e. The van der Waals surface area contributed by atoms with Crippen molar-refractivity contribution >= 4 is 11.8 Å². The fourth-order valence-corrected chi connectivity index (χ4v) is 4.23. The molecule has 2 rings (SSSR count). The van der Waals surface area contributed by atoms with Crippen LogP contribution in [0, 0.1) is 5.92 Å². The van der Waals surface area contributed by atoms with Crippen LogP contribution in [0.15, 0.2) is 0 Å². The first-order valence-corrected chi connectivity index (χ1v) is 7.58. The van der Waals surface area contributed by atoms with Gasteiger partial charge in [0.05, 0.1) is 0 Å². The molecule has 0 aromatic rings. The van der Waals surface area contributed by atoms with Crippen molar-refractivity contribution in [3.8, 4) is 0 Å². The molecule has 1 aliphatic carbocycles. The second-order valence-electron chi connectivity index (χ2n) is 6.01. The van der Waals surface area contributed by atoms with Crippen LogP contribution in [0.4, 0.5) is 0 Å². The Morgan fingerprint density at radius 3 is 2.25 bits per heavy atom. The molecule has 2 fully saturated rings. The van der Waals surface area contributed by atoms with Crippen molar-refractivity contribution in [1.82, 2.24) is 4.90 Å². The molecule has 3 heteroatoms. The SMILES string of the molecule is CC1CN(C(C)(CN)CC2CC2)CC(C)S1. The van der Waals surface area contributed by atoms with E-state index in [9.17, 15) is 0 Å². The van der Waals surface area contributed by atoms with Crippen LogP contribution in [0.5, 0.6) is 0 Å². The van der Waals surface area contributed by atoms with E-state index in [2.05, 4.69) is 37.4 Å². The number of hydrogen-bond acceptors (Lipinski definition) is 3. The fraction of sp³-hybridized carbons (Fsp3) is 1.00. The number of nitrogens with zero attached hydrogens (tertiary/aromatic N) is 1. The van der Waals surface area contributed by atoms with Crippen LogP contribution < -0.4 is 5.73 Å². The summed E-state index contributed by atoms with van der Waals surface area (Å²) in [5.74, 6) is 0.966. The lowest BCUT2D eigenvalue weighted by Gasteiger charge is -2.46. The summed E-state index contributed by atoms with van der Waals surface area (Å²) in [7, 11) is 0. The molecule has 1 aliphatic heterocycles. The zero-order chi connectivity index (χ0) is 11.8. The van der Waals surface area contributed by atoms with Crippen LogP contribution in [0.1, 0.15) is 40.0 Å². The summed E-state index contributed by atoms with van der Waals surface area (Å²) in [5.41, 5.74) is 6.31. The van der Waals surface area contributed by atoms with Gasteiger partial charge in [-0.05, 0) is 19.3 Å². The van der Waals surface area contributed by atoms with Gasteiger partial charge in [0.15, 0.2) is 0 Å². The van der Waals surface area contributed by atoms with Crippen LogP contribution in [0.2, 0.25) is 0 Å². The quantitative estimate of drug-likeness (QED) is 0.820. The van der Waals surface area contributed by atoms with E-state index in [4.69, 9.17) is 5.73 Å². The Balaban J connectivity index is 2.00. The van der Waals surface area contributed by atoms with Crippen LogP contribution in [0.25, 0.3) is 0 Å². The topological polar surface area (TPSA) is 29.3 Å². The van der Waals surface area contributed by atoms with Crippen LogP contribution >= 0.6 is 11.8 Å². The van der Waals surface area contributed by atoms with Crippen LogP contribution in [-0.4, -0.2) is 40.6 Å². The summed E-state index contributed by atoms with van der Waals surface area (Å²) >= 11 is 2.12. The zero-order valence-corrected chi connectivity index (χ0v) is 11.7. The highest BCUT2D eigenvalue weighted by atomic mass is 32.2. The molecule has 1 heterocycles. The van der Waals surface area contributed by atoms with E-state index in [1.807, 2.05) is 0 Å². The Morgan fingerprint density at radius 1 is 1.25 bits per heavy atom. The minimum absolute atomic E-state index is 0.255. The van der Waals surface area contributed by atoms with Gasteiger partial charge in [-0.3, -0.25) is 4.90 Å². The van der Waals surface area contributed by atoms with Gasteiger partial charge in [-0.25, -0.2) is 0 Å². The van der Waals surface area contributed by atoms with Gasteiger partial charge >= 0.3 is 0 Å². The predicted octanol–water partition coefficient (Wildman–Crippen LogP) is 2.33. The molecule has 94 valence electrons. The maximum Gasteiger partial charge on any atom is 0.0307 e. The first kappa shape index (κ1) is 12.7. The molecule has 1 saturated carbocycles. The summed E-state index contributed by atoms with van der Waals surface area (Å²) in [5, 5.41) is 1.52. The first-order chi connectivity index (χ1) is 7.53. The molecule has 0 radical (unpaired) electrons. The predicted molar refractivity (Wildman–Crippen MR) is 72.9 cm³/mol. The lowest BCUT2D eigenvalue weighted by atomic mass is 9.92. The largest absolute Gasteiger partial charge is 0.329 e. The standard InChI is InChI=1S/C13H26N2S/c1-10-7-15(8-11(2)16-10)13(3,9-14)6-12-4-5-12/h10-12H,4-9,14H2,1-3H3. The molecule has 0 aromatic carbocycles. The molecule has 16 heavy (non-hydrogen) atoms. The smallest absolute Gasteiger partial charge is 0.0307 e. The number of hydrogen-bond donors (Lipinski definition) is 1. The van der Waals surface area contributed by atoms with Gasteiger partial charge < -0.3 is 5.73 Å². The van der Waals surface area contributed by atoms with E-state index < -0.39 is 0 Å². The van der Waals surface area contributed by atoms with Crippen molar-refractivity contribution in [2.45, 2.75) is 56.1 Å². The summed E-state index contributed by atoms with van der Waals surface area (Å²) in [6.45, 7) is 10.3. The van der Waals surface area contributed by atoms with Crippen molar-refractivity contribution in [1.29, 1.82) is 0 Å². The molecule has 3 atom stereocenters. The highest BCUT2D eigenvalue weighted by molar-refractivity contribution is 8.00. The van der Waals surface area contributed by atoms with Gasteiger partial charge in [-0.2, -0.15) is 11.8 Å². The van der Waals surface area contributed by atoms with E-state index in [0.717, 1.165) is 23.0 Å². The monoisotopic (exact) mass is 242 g/mol. The van der Waals surface area contributed by atoms with E-state index >= 15 is 0 Å². The first-order valence-electron chi connectivity index (χ1n) is 6.64. The van der Waals surface area contributed by atoms with E-state index in [1.54, 1.807) is 0 Å². The molecule has 0 amide bonds. The summed E-state index contributed by atoms with van der Waals surface area (Å²) in [6, 6.07) is 0. The third-order valence-corrected chi connectivity index (χ3v) is 5.28. The Kier molecular flexibility index (Phi) is 3.87. The Labute approximate surface area is 104 Å². The second kappa shape index (κ2) is 4.87. The van der Waals surface area contributed by atoms with E-state index in [-0.39, 0.29) is 5.54 Å². The highest BCUT2D eigenvalue weighted by Crippen LogP contribution is 2.40. The maximum atomic E-state index is 6.06. The summed E-state index contributed by atoms with van der Waals surface area (Å²) in [4.78, 5) is 2.66. The van der Waals surface area contributed by atoms with Gasteiger partial charge in [0.25, 0.3) is 0 Å². The van der Waals surface area contributed by atoms with Gasteiger partial charge in [-0.1, -0.05) is 26.7 Å². The third-order valence-electron chi connectivity index (χ3n) is 4.05. The van der Waals surface area contributed by atoms with E-state index in [0.29, 0.717) is 0 Å². The molecular formula is C13H26N2S. The number of nitrogens with two attached hydrogens (primary N) is 1. The van der Waals surface area contributed by atoms with Crippen molar-refractivity contribution in [3.63, 3.8) is 0 Å². The van der Waals surface area contributed by atoms with Crippen molar-refractivity contribution in [3.05, 3.63) is 0 Å². The average Bonchev–Trinajstić information content (AvgIpc) is 3.00. The van der Waals surface area contributed by atoms with Gasteiger partial charge in [0, 0.05) is 35.7 Å². The molecular weight excluding hydrogens is 216 g/mol. The summed E-state index contributed by atoms with van der Waals surface area (Å²) in [6.07, 6.45) is 4.18. The molecule has 0 spiro atoms. The maximum absolute atomic E-state index is 6.06.